The summed E-state index contributed by atoms with van der Waals surface area (Å²) in [7, 11) is 1.55. The quantitative estimate of drug-likeness (QED) is 0.486. The fourth-order valence-corrected chi connectivity index (χ4v) is 3.29. The molecule has 0 saturated heterocycles. The summed E-state index contributed by atoms with van der Waals surface area (Å²) in [6, 6.07) is 9.87. The molecule has 0 saturated carbocycles. The number of aromatic nitrogens is 6. The molecule has 3 aromatic heterocycles. The van der Waals surface area contributed by atoms with Crippen LogP contribution in [0.1, 0.15) is 20.8 Å². The number of halogens is 1. The summed E-state index contributed by atoms with van der Waals surface area (Å²) < 4.78 is 22.3. The summed E-state index contributed by atoms with van der Waals surface area (Å²) >= 11 is 0. The van der Waals surface area contributed by atoms with E-state index in [0.717, 1.165) is 16.6 Å². The predicted octanol–water partition coefficient (Wildman–Crippen LogP) is 3.47. The Morgan fingerprint density at radius 2 is 2.13 bits per heavy atom. The second-order valence-electron chi connectivity index (χ2n) is 8.07. The average Bonchev–Trinajstić information content (AvgIpc) is 3.35. The number of benzene rings is 1. The molecule has 4 rings (SSSR count). The zero-order chi connectivity index (χ0) is 22.2. The van der Waals surface area contributed by atoms with E-state index in [1.807, 2.05) is 44.3 Å². The van der Waals surface area contributed by atoms with Gasteiger partial charge in [0.15, 0.2) is 0 Å². The van der Waals surface area contributed by atoms with Crippen molar-refractivity contribution in [2.24, 2.45) is 5.41 Å². The molecule has 0 aliphatic heterocycles. The van der Waals surface area contributed by atoms with Crippen LogP contribution in [0.25, 0.3) is 27.7 Å². The van der Waals surface area contributed by atoms with Gasteiger partial charge < -0.3 is 10.1 Å². The standard InChI is InChI=1S/C21H23FN8O/c1-13(22)10-30-17-9-14(5-6-16(17)26-28-30)15-7-8-29-18(15)19(31-4)25-20(27-29)24-12-21(2,3)11-23/h5-9,13H,10,12H2,1-4H3,(H,24,27)/t13-/m1/s1. The fourth-order valence-electron chi connectivity index (χ4n) is 3.29. The van der Waals surface area contributed by atoms with Gasteiger partial charge >= 0.3 is 0 Å². The van der Waals surface area contributed by atoms with Crippen LogP contribution in [0.5, 0.6) is 5.88 Å². The van der Waals surface area contributed by atoms with E-state index in [9.17, 15) is 9.65 Å². The molecule has 31 heavy (non-hydrogen) atoms. The van der Waals surface area contributed by atoms with Gasteiger partial charge in [0.25, 0.3) is 0 Å². The number of anilines is 1. The third-order valence-corrected chi connectivity index (χ3v) is 4.91. The topological polar surface area (TPSA) is 106 Å². The molecule has 1 aromatic carbocycles. The van der Waals surface area contributed by atoms with E-state index in [1.165, 1.54) is 6.92 Å². The van der Waals surface area contributed by atoms with Crippen molar-refractivity contribution in [2.45, 2.75) is 33.5 Å². The van der Waals surface area contributed by atoms with E-state index >= 15 is 0 Å². The number of ether oxygens (including phenoxy) is 1. The highest BCUT2D eigenvalue weighted by Gasteiger charge is 2.19. The van der Waals surface area contributed by atoms with Gasteiger partial charge in [0, 0.05) is 18.3 Å². The molecule has 1 N–H and O–H groups in total. The second-order valence-corrected chi connectivity index (χ2v) is 8.07. The van der Waals surface area contributed by atoms with E-state index in [4.69, 9.17) is 4.74 Å². The van der Waals surface area contributed by atoms with Crippen LogP contribution in [-0.2, 0) is 6.54 Å². The highest BCUT2D eigenvalue weighted by Crippen LogP contribution is 2.33. The molecule has 4 aromatic rings. The third kappa shape index (κ3) is 3.99. The van der Waals surface area contributed by atoms with Crippen molar-refractivity contribution in [3.63, 3.8) is 0 Å². The van der Waals surface area contributed by atoms with Crippen molar-refractivity contribution in [3.8, 4) is 23.1 Å². The van der Waals surface area contributed by atoms with Crippen LogP contribution in [0.2, 0.25) is 0 Å². The first kappa shape index (κ1) is 20.5. The van der Waals surface area contributed by atoms with Crippen molar-refractivity contribution in [2.75, 3.05) is 19.0 Å². The van der Waals surface area contributed by atoms with E-state index in [1.54, 1.807) is 16.3 Å². The molecule has 3 heterocycles. The minimum atomic E-state index is -1.03. The lowest BCUT2D eigenvalue weighted by molar-refractivity contribution is 0.310. The highest BCUT2D eigenvalue weighted by molar-refractivity contribution is 5.89. The molecular weight excluding hydrogens is 399 g/mol. The number of alkyl halides is 1. The second kappa shape index (κ2) is 7.83. The van der Waals surface area contributed by atoms with Crippen molar-refractivity contribution < 1.29 is 9.13 Å². The molecule has 160 valence electrons. The van der Waals surface area contributed by atoms with Crippen LogP contribution in [0.4, 0.5) is 10.3 Å². The number of methoxy groups -OCH3 is 1. The van der Waals surface area contributed by atoms with Gasteiger partial charge in [-0.05, 0) is 44.5 Å². The minimum absolute atomic E-state index is 0.136. The number of rotatable bonds is 7. The van der Waals surface area contributed by atoms with Gasteiger partial charge in [-0.15, -0.1) is 10.2 Å². The summed E-state index contributed by atoms with van der Waals surface area (Å²) in [5, 5.41) is 25.0. The molecule has 0 aliphatic carbocycles. The lowest BCUT2D eigenvalue weighted by Gasteiger charge is -2.16. The van der Waals surface area contributed by atoms with E-state index in [0.29, 0.717) is 29.4 Å². The molecule has 0 fully saturated rings. The zero-order valence-electron chi connectivity index (χ0n) is 17.8. The van der Waals surface area contributed by atoms with E-state index < -0.39 is 11.6 Å². The number of nitrogens with one attached hydrogen (secondary N) is 1. The Hall–Kier alpha value is -3.74. The molecule has 0 aliphatic rings. The van der Waals surface area contributed by atoms with E-state index in [-0.39, 0.29) is 6.54 Å². The Balaban J connectivity index is 1.76. The molecule has 0 spiro atoms. The number of nitrogens with zero attached hydrogens (tertiary/aromatic N) is 7. The van der Waals surface area contributed by atoms with E-state index in [2.05, 4.69) is 31.8 Å². The zero-order valence-corrected chi connectivity index (χ0v) is 17.8. The van der Waals surface area contributed by atoms with Gasteiger partial charge in [-0.3, -0.25) is 0 Å². The Morgan fingerprint density at radius 3 is 2.84 bits per heavy atom. The van der Waals surface area contributed by atoms with Crippen LogP contribution in [0.3, 0.4) is 0 Å². The van der Waals surface area contributed by atoms with Crippen molar-refractivity contribution in [1.29, 1.82) is 5.26 Å². The normalized spacial score (nSPS) is 12.8. The van der Waals surface area contributed by atoms with Gasteiger partial charge in [0.2, 0.25) is 11.8 Å². The van der Waals surface area contributed by atoms with Crippen LogP contribution in [0.15, 0.2) is 30.5 Å². The fraction of sp³-hybridized carbons (Fsp3) is 0.381. The number of hydrogen-bond donors (Lipinski definition) is 1. The third-order valence-electron chi connectivity index (χ3n) is 4.91. The predicted molar refractivity (Wildman–Crippen MR) is 115 cm³/mol. The molecule has 0 unspecified atom stereocenters. The monoisotopic (exact) mass is 422 g/mol. The Bertz CT molecular complexity index is 1280. The lowest BCUT2D eigenvalue weighted by atomic mass is 9.96. The Morgan fingerprint density at radius 1 is 1.32 bits per heavy atom. The first-order valence-corrected chi connectivity index (χ1v) is 9.87. The molecular formula is C21H23FN8O. The maximum atomic E-state index is 13.5. The van der Waals surface area contributed by atoms with Gasteiger partial charge in [-0.2, -0.15) is 10.2 Å². The van der Waals surface area contributed by atoms with Gasteiger partial charge in [-0.25, -0.2) is 13.6 Å². The van der Waals surface area contributed by atoms with Crippen LogP contribution in [0, 0.1) is 16.7 Å². The first-order valence-electron chi connectivity index (χ1n) is 9.87. The Kier molecular flexibility index (Phi) is 5.19. The molecule has 10 heteroatoms. The maximum Gasteiger partial charge on any atom is 0.244 e. The van der Waals surface area contributed by atoms with Crippen LogP contribution < -0.4 is 10.1 Å². The van der Waals surface area contributed by atoms with Crippen molar-refractivity contribution in [1.82, 2.24) is 29.6 Å². The van der Waals surface area contributed by atoms with Gasteiger partial charge in [0.05, 0.1) is 30.7 Å². The molecule has 1 atom stereocenters. The van der Waals surface area contributed by atoms with Gasteiger partial charge in [-0.1, -0.05) is 11.3 Å². The van der Waals surface area contributed by atoms with Gasteiger partial charge in [0.1, 0.15) is 17.2 Å². The average molecular weight is 422 g/mol. The number of nitriles is 1. The SMILES string of the molecule is COc1nc(NCC(C)(C)C#N)nn2ccc(-c3ccc4nnn(C[C@@H](C)F)c4c3)c12. The molecule has 0 amide bonds. The molecule has 0 radical (unpaired) electrons. The summed E-state index contributed by atoms with van der Waals surface area (Å²) in [4.78, 5) is 4.47. The number of fused-ring (bicyclic) bond motifs is 2. The minimum Gasteiger partial charge on any atom is -0.479 e. The first-order chi connectivity index (χ1) is 14.8. The summed E-state index contributed by atoms with van der Waals surface area (Å²) in [5.41, 5.74) is 3.34. The highest BCUT2D eigenvalue weighted by atomic mass is 19.1. The summed E-state index contributed by atoms with van der Waals surface area (Å²) in [6.45, 7) is 5.69. The van der Waals surface area contributed by atoms with Crippen LogP contribution in [-0.4, -0.2) is 49.4 Å². The maximum absolute atomic E-state index is 13.5. The summed E-state index contributed by atoms with van der Waals surface area (Å²) in [5.74, 6) is 0.765. The van der Waals surface area contributed by atoms with Crippen molar-refractivity contribution >= 4 is 22.5 Å². The van der Waals surface area contributed by atoms with Crippen LogP contribution >= 0.6 is 0 Å². The lowest BCUT2D eigenvalue weighted by Crippen LogP contribution is -2.22. The van der Waals surface area contributed by atoms with Crippen molar-refractivity contribution in [3.05, 3.63) is 30.5 Å². The summed E-state index contributed by atoms with van der Waals surface area (Å²) in [6.07, 6.45) is 0.785. The number of hydrogen-bond acceptors (Lipinski definition) is 7. The smallest absolute Gasteiger partial charge is 0.244 e. The molecule has 9 nitrogen and oxygen atoms in total. The Labute approximate surface area is 178 Å². The largest absolute Gasteiger partial charge is 0.479 e. The molecule has 0 bridgehead atoms.